The number of allylic oxidation sites excluding steroid dienone is 1. The van der Waals surface area contributed by atoms with Crippen molar-refractivity contribution in [1.29, 1.82) is 0 Å². The van der Waals surface area contributed by atoms with Crippen molar-refractivity contribution in [3.63, 3.8) is 0 Å². The summed E-state index contributed by atoms with van der Waals surface area (Å²) in [6.07, 6.45) is 4.05. The van der Waals surface area contributed by atoms with Gasteiger partial charge in [0.2, 0.25) is 0 Å². The number of ether oxygens (including phenoxy) is 1. The Labute approximate surface area is 121 Å². The van der Waals surface area contributed by atoms with Crippen LogP contribution in [0.15, 0.2) is 11.6 Å². The van der Waals surface area contributed by atoms with Gasteiger partial charge in [-0.1, -0.05) is 19.9 Å². The molecular formula is C16H28O4. The van der Waals surface area contributed by atoms with E-state index in [2.05, 4.69) is 6.08 Å². The molecule has 0 aliphatic carbocycles. The summed E-state index contributed by atoms with van der Waals surface area (Å²) in [7, 11) is 0. The van der Waals surface area contributed by atoms with E-state index < -0.39 is 17.7 Å². The Morgan fingerprint density at radius 1 is 1.45 bits per heavy atom. The fourth-order valence-electron chi connectivity index (χ4n) is 2.77. The molecule has 0 bridgehead atoms. The Kier molecular flexibility index (Phi) is 5.78. The molecule has 0 saturated carbocycles. The summed E-state index contributed by atoms with van der Waals surface area (Å²) >= 11 is 0. The second kappa shape index (κ2) is 6.72. The van der Waals surface area contributed by atoms with E-state index in [1.807, 2.05) is 20.8 Å². The third kappa shape index (κ3) is 4.32. The molecule has 20 heavy (non-hydrogen) atoms. The molecule has 1 aliphatic rings. The normalized spacial score (nSPS) is 31.9. The van der Waals surface area contributed by atoms with Crippen molar-refractivity contribution in [1.82, 2.24) is 0 Å². The van der Waals surface area contributed by atoms with E-state index in [0.29, 0.717) is 6.42 Å². The summed E-state index contributed by atoms with van der Waals surface area (Å²) in [5.41, 5.74) is 0.677. The van der Waals surface area contributed by atoms with Crippen LogP contribution in [-0.4, -0.2) is 34.0 Å². The summed E-state index contributed by atoms with van der Waals surface area (Å²) < 4.78 is 5.99. The van der Waals surface area contributed by atoms with E-state index in [4.69, 9.17) is 9.84 Å². The maximum atomic E-state index is 10.9. The van der Waals surface area contributed by atoms with Crippen LogP contribution < -0.4 is 0 Å². The lowest BCUT2D eigenvalue weighted by molar-refractivity contribution is -0.141. The minimum atomic E-state index is -0.748. The molecular weight excluding hydrogens is 256 g/mol. The zero-order valence-electron chi connectivity index (χ0n) is 13.2. The van der Waals surface area contributed by atoms with E-state index in [1.54, 1.807) is 13.8 Å². The second-order valence-corrected chi connectivity index (χ2v) is 6.50. The molecule has 0 radical (unpaired) electrons. The topological polar surface area (TPSA) is 66.8 Å². The van der Waals surface area contributed by atoms with Gasteiger partial charge in [-0.25, -0.2) is 0 Å². The van der Waals surface area contributed by atoms with Crippen molar-refractivity contribution in [3.05, 3.63) is 11.6 Å². The first-order valence-corrected chi connectivity index (χ1v) is 7.42. The van der Waals surface area contributed by atoms with Gasteiger partial charge in [0, 0.05) is 0 Å². The van der Waals surface area contributed by atoms with Crippen molar-refractivity contribution in [2.24, 2.45) is 11.8 Å². The standard InChI is InChI=1S/C16H28O4/c1-10(9-12(3)15(18)19)8-11(2)14-6-7-16(5,20-14)13(4)17/h8,10,12-14,17H,6-7,9H2,1-5H3,(H,18,19). The van der Waals surface area contributed by atoms with Gasteiger partial charge in [0.05, 0.1) is 23.7 Å². The zero-order valence-corrected chi connectivity index (χ0v) is 13.2. The highest BCUT2D eigenvalue weighted by Crippen LogP contribution is 2.36. The molecule has 4 nitrogen and oxygen atoms in total. The van der Waals surface area contributed by atoms with Gasteiger partial charge in [-0.15, -0.1) is 0 Å². The molecule has 5 unspecified atom stereocenters. The lowest BCUT2D eigenvalue weighted by Crippen LogP contribution is -2.37. The summed E-state index contributed by atoms with van der Waals surface area (Å²) in [6, 6.07) is 0. The number of carboxylic acids is 1. The fraction of sp³-hybridized carbons (Fsp3) is 0.812. The van der Waals surface area contributed by atoms with E-state index in [-0.39, 0.29) is 17.9 Å². The summed E-state index contributed by atoms with van der Waals surface area (Å²) in [5.74, 6) is -0.869. The molecule has 0 aromatic rings. The molecule has 1 fully saturated rings. The predicted molar refractivity (Wildman–Crippen MR) is 78.5 cm³/mol. The second-order valence-electron chi connectivity index (χ2n) is 6.50. The maximum absolute atomic E-state index is 10.9. The van der Waals surface area contributed by atoms with Crippen LogP contribution in [0.3, 0.4) is 0 Å². The Balaban J connectivity index is 2.60. The molecule has 1 heterocycles. The van der Waals surface area contributed by atoms with Crippen LogP contribution in [-0.2, 0) is 9.53 Å². The number of aliphatic hydroxyl groups is 1. The summed E-state index contributed by atoms with van der Waals surface area (Å²) in [4.78, 5) is 10.9. The lowest BCUT2D eigenvalue weighted by atomic mass is 9.93. The SMILES string of the molecule is CC(=CC(C)CC(C)C(=O)O)C1CCC(C)(C(C)O)O1. The third-order valence-electron chi connectivity index (χ3n) is 4.40. The van der Waals surface area contributed by atoms with E-state index in [1.165, 1.54) is 0 Å². The Hall–Kier alpha value is -0.870. The average Bonchev–Trinajstić information content (AvgIpc) is 2.73. The van der Waals surface area contributed by atoms with Gasteiger partial charge in [0.1, 0.15) is 0 Å². The van der Waals surface area contributed by atoms with Crippen LogP contribution in [0.4, 0.5) is 0 Å². The molecule has 116 valence electrons. The molecule has 1 saturated heterocycles. The van der Waals surface area contributed by atoms with Gasteiger partial charge in [-0.3, -0.25) is 4.79 Å². The van der Waals surface area contributed by atoms with Gasteiger partial charge in [0.15, 0.2) is 0 Å². The molecule has 1 rings (SSSR count). The lowest BCUT2D eigenvalue weighted by Gasteiger charge is -2.28. The highest BCUT2D eigenvalue weighted by Gasteiger charge is 2.40. The smallest absolute Gasteiger partial charge is 0.306 e. The first-order valence-electron chi connectivity index (χ1n) is 7.42. The van der Waals surface area contributed by atoms with Crippen LogP contribution in [0.2, 0.25) is 0 Å². The van der Waals surface area contributed by atoms with Gasteiger partial charge in [-0.2, -0.15) is 0 Å². The zero-order chi connectivity index (χ0) is 15.5. The van der Waals surface area contributed by atoms with E-state index >= 15 is 0 Å². The molecule has 4 heteroatoms. The van der Waals surface area contributed by atoms with Crippen molar-refractivity contribution in [3.8, 4) is 0 Å². The van der Waals surface area contributed by atoms with E-state index in [9.17, 15) is 9.90 Å². The number of carbonyl (C=O) groups is 1. The molecule has 0 aromatic carbocycles. The van der Waals surface area contributed by atoms with Crippen molar-refractivity contribution in [2.75, 3.05) is 0 Å². The number of aliphatic carboxylic acids is 1. The van der Waals surface area contributed by atoms with Gasteiger partial charge in [0.25, 0.3) is 0 Å². The van der Waals surface area contributed by atoms with Gasteiger partial charge in [-0.05, 0) is 51.5 Å². The maximum Gasteiger partial charge on any atom is 0.306 e. The van der Waals surface area contributed by atoms with Crippen molar-refractivity contribution in [2.45, 2.75) is 71.7 Å². The van der Waals surface area contributed by atoms with Crippen molar-refractivity contribution < 1.29 is 19.7 Å². The highest BCUT2D eigenvalue weighted by atomic mass is 16.5. The Morgan fingerprint density at radius 3 is 2.50 bits per heavy atom. The van der Waals surface area contributed by atoms with E-state index in [0.717, 1.165) is 18.4 Å². The predicted octanol–water partition coefficient (Wildman–Crippen LogP) is 3.00. The number of hydrogen-bond donors (Lipinski definition) is 2. The first-order chi connectivity index (χ1) is 9.15. The molecule has 0 spiro atoms. The largest absolute Gasteiger partial charge is 0.481 e. The number of hydrogen-bond acceptors (Lipinski definition) is 3. The number of aliphatic hydroxyl groups excluding tert-OH is 1. The van der Waals surface area contributed by atoms with Crippen LogP contribution in [0.5, 0.6) is 0 Å². The minimum absolute atomic E-state index is 0.0391. The van der Waals surface area contributed by atoms with Gasteiger partial charge < -0.3 is 14.9 Å². The monoisotopic (exact) mass is 284 g/mol. The van der Waals surface area contributed by atoms with Crippen LogP contribution >= 0.6 is 0 Å². The fourth-order valence-corrected chi connectivity index (χ4v) is 2.77. The van der Waals surface area contributed by atoms with Crippen LogP contribution in [0, 0.1) is 11.8 Å². The Bertz CT molecular complexity index is 375. The average molecular weight is 284 g/mol. The highest BCUT2D eigenvalue weighted by molar-refractivity contribution is 5.69. The van der Waals surface area contributed by atoms with Crippen LogP contribution in [0.25, 0.3) is 0 Å². The molecule has 5 atom stereocenters. The molecule has 0 aromatic heterocycles. The molecule has 1 aliphatic heterocycles. The van der Waals surface area contributed by atoms with Crippen LogP contribution in [0.1, 0.15) is 53.9 Å². The minimum Gasteiger partial charge on any atom is -0.481 e. The molecule has 2 N–H and O–H groups in total. The quantitative estimate of drug-likeness (QED) is 0.736. The summed E-state index contributed by atoms with van der Waals surface area (Å²) in [6.45, 7) is 9.50. The third-order valence-corrected chi connectivity index (χ3v) is 4.40. The van der Waals surface area contributed by atoms with Crippen molar-refractivity contribution >= 4 is 5.97 Å². The van der Waals surface area contributed by atoms with Gasteiger partial charge >= 0.3 is 5.97 Å². The number of rotatable bonds is 6. The first kappa shape index (κ1) is 17.2. The summed E-state index contributed by atoms with van der Waals surface area (Å²) in [5, 5.41) is 18.7. The number of carboxylic acid groups (broad SMARTS) is 1. The molecule has 0 amide bonds. The Morgan fingerprint density at radius 2 is 2.05 bits per heavy atom.